The van der Waals surface area contributed by atoms with E-state index in [4.69, 9.17) is 9.47 Å². The van der Waals surface area contributed by atoms with Crippen LogP contribution in [0.3, 0.4) is 0 Å². The molecule has 1 aliphatic heterocycles. The minimum absolute atomic E-state index is 0.283. The van der Waals surface area contributed by atoms with Crippen LogP contribution in [0.25, 0.3) is 0 Å². The maximum absolute atomic E-state index is 5.46. The van der Waals surface area contributed by atoms with Gasteiger partial charge in [-0.15, -0.1) is 0 Å². The molecule has 0 radical (unpaired) electrons. The molecule has 0 N–H and O–H groups in total. The van der Waals surface area contributed by atoms with Crippen molar-refractivity contribution in [3.05, 3.63) is 0 Å². The van der Waals surface area contributed by atoms with Gasteiger partial charge in [-0.05, 0) is 13.8 Å². The summed E-state index contributed by atoms with van der Waals surface area (Å²) >= 11 is 6.86. The Morgan fingerprint density at radius 2 is 1.73 bits per heavy atom. The van der Waals surface area contributed by atoms with Crippen molar-refractivity contribution in [1.29, 1.82) is 0 Å². The van der Waals surface area contributed by atoms with Crippen LogP contribution in [0.1, 0.15) is 13.8 Å². The molecule has 1 rings (SSSR count). The molecule has 0 aromatic carbocycles. The van der Waals surface area contributed by atoms with Gasteiger partial charge < -0.3 is 9.47 Å². The first-order valence-corrected chi connectivity index (χ1v) is 5.40. The standard InChI is InChI=1S/C7H12Br2O2/c1-7(2)10-3-5(4-11-7)6(8)9/h5-6H,3-4H2,1-2H3. The van der Waals surface area contributed by atoms with Gasteiger partial charge in [0.25, 0.3) is 0 Å². The van der Waals surface area contributed by atoms with E-state index in [1.807, 2.05) is 13.8 Å². The number of ether oxygens (including phenoxy) is 2. The van der Waals surface area contributed by atoms with Crippen LogP contribution in [-0.4, -0.2) is 22.7 Å². The molecule has 0 bridgehead atoms. The molecular weight excluding hydrogens is 276 g/mol. The quantitative estimate of drug-likeness (QED) is 0.690. The summed E-state index contributed by atoms with van der Waals surface area (Å²) < 4.78 is 11.2. The maximum atomic E-state index is 5.46. The van der Waals surface area contributed by atoms with E-state index in [0.717, 1.165) is 13.2 Å². The van der Waals surface area contributed by atoms with Crippen molar-refractivity contribution >= 4 is 31.9 Å². The third-order valence-corrected chi connectivity index (χ3v) is 3.14. The lowest BCUT2D eigenvalue weighted by atomic mass is 10.2. The van der Waals surface area contributed by atoms with E-state index in [1.54, 1.807) is 0 Å². The smallest absolute Gasteiger partial charge is 0.162 e. The lowest BCUT2D eigenvalue weighted by Gasteiger charge is -2.35. The molecular formula is C7H12Br2O2. The molecule has 0 atom stereocenters. The number of hydrogen-bond acceptors (Lipinski definition) is 2. The van der Waals surface area contributed by atoms with E-state index < -0.39 is 5.79 Å². The van der Waals surface area contributed by atoms with Crippen molar-refractivity contribution in [3.63, 3.8) is 0 Å². The molecule has 0 aliphatic carbocycles. The van der Waals surface area contributed by atoms with Gasteiger partial charge in [-0.3, -0.25) is 0 Å². The van der Waals surface area contributed by atoms with Crippen molar-refractivity contribution in [1.82, 2.24) is 0 Å². The molecule has 4 heteroatoms. The molecule has 0 spiro atoms. The summed E-state index contributed by atoms with van der Waals surface area (Å²) in [6.07, 6.45) is 0. The van der Waals surface area contributed by atoms with Crippen molar-refractivity contribution in [2.75, 3.05) is 13.2 Å². The van der Waals surface area contributed by atoms with E-state index >= 15 is 0 Å². The average Bonchev–Trinajstić information content (AvgIpc) is 1.86. The Kier molecular flexibility index (Phi) is 3.38. The number of rotatable bonds is 1. The van der Waals surface area contributed by atoms with Gasteiger partial charge in [0, 0.05) is 5.92 Å². The molecule has 66 valence electrons. The van der Waals surface area contributed by atoms with Crippen LogP contribution in [0.15, 0.2) is 0 Å². The van der Waals surface area contributed by atoms with E-state index in [-0.39, 0.29) is 3.74 Å². The van der Waals surface area contributed by atoms with Crippen molar-refractivity contribution in [3.8, 4) is 0 Å². The highest BCUT2D eigenvalue weighted by Gasteiger charge is 2.30. The Bertz CT molecular complexity index is 126. The highest BCUT2D eigenvalue weighted by atomic mass is 79.9. The molecule has 2 nitrogen and oxygen atoms in total. The normalized spacial score (nSPS) is 25.9. The summed E-state index contributed by atoms with van der Waals surface area (Å²) in [6, 6.07) is 0. The fourth-order valence-electron chi connectivity index (χ4n) is 0.851. The zero-order chi connectivity index (χ0) is 8.48. The summed E-state index contributed by atoms with van der Waals surface area (Å²) in [6.45, 7) is 5.35. The van der Waals surface area contributed by atoms with Crippen molar-refractivity contribution < 1.29 is 9.47 Å². The Morgan fingerprint density at radius 3 is 2.09 bits per heavy atom. The Morgan fingerprint density at radius 1 is 1.27 bits per heavy atom. The molecule has 11 heavy (non-hydrogen) atoms. The number of alkyl halides is 2. The second kappa shape index (κ2) is 3.73. The van der Waals surface area contributed by atoms with Gasteiger partial charge >= 0.3 is 0 Å². The highest BCUT2D eigenvalue weighted by molar-refractivity contribution is 9.24. The van der Waals surface area contributed by atoms with Crippen molar-refractivity contribution in [2.45, 2.75) is 23.4 Å². The molecule has 1 heterocycles. The van der Waals surface area contributed by atoms with E-state index in [0.29, 0.717) is 5.92 Å². The summed E-state index contributed by atoms with van der Waals surface area (Å²) in [7, 11) is 0. The van der Waals surface area contributed by atoms with Crippen LogP contribution in [-0.2, 0) is 9.47 Å². The predicted octanol–water partition coefficient (Wildman–Crippen LogP) is 2.50. The molecule has 0 saturated carbocycles. The monoisotopic (exact) mass is 286 g/mol. The first-order chi connectivity index (χ1) is 5.01. The van der Waals surface area contributed by atoms with Crippen LogP contribution in [0.5, 0.6) is 0 Å². The molecule has 1 fully saturated rings. The van der Waals surface area contributed by atoms with Gasteiger partial charge in [0.15, 0.2) is 5.79 Å². The van der Waals surface area contributed by atoms with E-state index in [2.05, 4.69) is 31.9 Å². The van der Waals surface area contributed by atoms with Gasteiger partial charge in [-0.25, -0.2) is 0 Å². The summed E-state index contributed by atoms with van der Waals surface area (Å²) in [5, 5.41) is 0. The Balaban J connectivity index is 2.36. The van der Waals surface area contributed by atoms with Gasteiger partial charge in [-0.2, -0.15) is 0 Å². The first-order valence-electron chi connectivity index (χ1n) is 3.57. The van der Waals surface area contributed by atoms with Crippen LogP contribution < -0.4 is 0 Å². The van der Waals surface area contributed by atoms with Crippen LogP contribution in [0.4, 0.5) is 0 Å². The van der Waals surface area contributed by atoms with Crippen LogP contribution in [0.2, 0.25) is 0 Å². The third-order valence-electron chi connectivity index (χ3n) is 1.65. The van der Waals surface area contributed by atoms with Crippen LogP contribution in [0, 0.1) is 5.92 Å². The SMILES string of the molecule is CC1(C)OCC(C(Br)Br)CO1. The topological polar surface area (TPSA) is 18.5 Å². The van der Waals surface area contributed by atoms with Gasteiger partial charge in [-0.1, -0.05) is 31.9 Å². The minimum atomic E-state index is -0.397. The Labute approximate surface area is 83.9 Å². The largest absolute Gasteiger partial charge is 0.350 e. The summed E-state index contributed by atoms with van der Waals surface area (Å²) in [5.74, 6) is 0.00815. The molecule has 1 saturated heterocycles. The highest BCUT2D eigenvalue weighted by Crippen LogP contribution is 2.28. The number of hydrogen-bond donors (Lipinski definition) is 0. The van der Waals surface area contributed by atoms with Crippen LogP contribution >= 0.6 is 31.9 Å². The Hall–Kier alpha value is 0.880. The minimum Gasteiger partial charge on any atom is -0.350 e. The fraction of sp³-hybridized carbons (Fsp3) is 1.00. The average molecular weight is 288 g/mol. The predicted molar refractivity (Wildman–Crippen MR) is 51.1 cm³/mol. The lowest BCUT2D eigenvalue weighted by molar-refractivity contribution is -0.259. The maximum Gasteiger partial charge on any atom is 0.162 e. The van der Waals surface area contributed by atoms with Gasteiger partial charge in [0.2, 0.25) is 0 Å². The van der Waals surface area contributed by atoms with Gasteiger partial charge in [0.1, 0.15) is 0 Å². The second-order valence-corrected chi connectivity index (χ2v) is 6.32. The molecule has 0 aromatic rings. The van der Waals surface area contributed by atoms with E-state index in [9.17, 15) is 0 Å². The summed E-state index contributed by atoms with van der Waals surface area (Å²) in [5.41, 5.74) is 0. The molecule has 0 amide bonds. The lowest BCUT2D eigenvalue weighted by Crippen LogP contribution is -2.41. The first kappa shape index (κ1) is 9.96. The van der Waals surface area contributed by atoms with Gasteiger partial charge in [0.05, 0.1) is 17.0 Å². The third kappa shape index (κ3) is 3.01. The second-order valence-electron chi connectivity index (χ2n) is 3.12. The molecule has 1 aliphatic rings. The molecule has 0 aromatic heterocycles. The zero-order valence-corrected chi connectivity index (χ0v) is 9.81. The van der Waals surface area contributed by atoms with Crippen molar-refractivity contribution in [2.24, 2.45) is 5.92 Å². The molecule has 0 unspecified atom stereocenters. The summed E-state index contributed by atoms with van der Waals surface area (Å²) in [4.78, 5) is 0. The fourth-order valence-corrected chi connectivity index (χ4v) is 1.46. The number of halogens is 2. The zero-order valence-electron chi connectivity index (χ0n) is 6.64. The van der Waals surface area contributed by atoms with E-state index in [1.165, 1.54) is 0 Å².